The summed E-state index contributed by atoms with van der Waals surface area (Å²) in [6.45, 7) is 5.17. The first kappa shape index (κ1) is 13.8. The first-order valence-electron chi connectivity index (χ1n) is 7.08. The lowest BCUT2D eigenvalue weighted by atomic mass is 10.1. The topological polar surface area (TPSA) is 62.2 Å². The van der Waals surface area contributed by atoms with Crippen molar-refractivity contribution in [1.82, 2.24) is 4.98 Å². The molecule has 1 unspecified atom stereocenters. The summed E-state index contributed by atoms with van der Waals surface area (Å²) in [5.74, 6) is 1.27. The second-order valence-electron chi connectivity index (χ2n) is 5.48. The summed E-state index contributed by atoms with van der Waals surface area (Å²) in [6, 6.07) is 3.29. The average molecular weight is 262 g/mol. The molecule has 0 amide bonds. The van der Waals surface area contributed by atoms with E-state index in [0.29, 0.717) is 17.3 Å². The van der Waals surface area contributed by atoms with Gasteiger partial charge in [0, 0.05) is 12.2 Å². The van der Waals surface area contributed by atoms with Crippen molar-refractivity contribution in [2.75, 3.05) is 11.9 Å². The lowest BCUT2D eigenvalue weighted by molar-refractivity contribution is 0.0696. The summed E-state index contributed by atoms with van der Waals surface area (Å²) in [5, 5.41) is 12.4. The van der Waals surface area contributed by atoms with Crippen molar-refractivity contribution >= 4 is 11.8 Å². The van der Waals surface area contributed by atoms with E-state index in [0.717, 1.165) is 31.0 Å². The van der Waals surface area contributed by atoms with Crippen LogP contribution in [0.4, 0.5) is 5.82 Å². The number of aromatic carboxylic acids is 1. The minimum atomic E-state index is -0.891. The Kier molecular flexibility index (Phi) is 4.40. The molecule has 1 aliphatic carbocycles. The molecule has 0 bridgehead atoms. The number of rotatable bonds is 7. The van der Waals surface area contributed by atoms with Gasteiger partial charge in [0.2, 0.25) is 0 Å². The first-order chi connectivity index (χ1) is 9.10. The predicted molar refractivity (Wildman–Crippen MR) is 75.6 cm³/mol. The van der Waals surface area contributed by atoms with E-state index >= 15 is 0 Å². The highest BCUT2D eigenvalue weighted by molar-refractivity contribution is 5.88. The molecule has 4 nitrogen and oxygen atoms in total. The monoisotopic (exact) mass is 262 g/mol. The summed E-state index contributed by atoms with van der Waals surface area (Å²) in [7, 11) is 0. The number of carboxylic acids is 1. The van der Waals surface area contributed by atoms with Gasteiger partial charge in [-0.05, 0) is 43.2 Å². The normalized spacial score (nSPS) is 16.1. The Balaban J connectivity index is 2.06. The molecule has 1 saturated carbocycles. The lowest BCUT2D eigenvalue weighted by Gasteiger charge is -2.13. The van der Waals surface area contributed by atoms with Gasteiger partial charge in [-0.2, -0.15) is 0 Å². The molecule has 2 rings (SSSR count). The van der Waals surface area contributed by atoms with Crippen molar-refractivity contribution in [2.45, 2.75) is 39.5 Å². The fourth-order valence-electron chi connectivity index (χ4n) is 2.28. The minimum absolute atomic E-state index is 0.319. The van der Waals surface area contributed by atoms with Gasteiger partial charge < -0.3 is 10.4 Å². The highest BCUT2D eigenvalue weighted by atomic mass is 16.4. The standard InChI is InChI=1S/C15H22N2O2/c1-3-4-13-7-12(15(18)19)8-14(17-13)16-9-10(2)11-5-6-11/h7-8,10-11H,3-6,9H2,1-2H3,(H,16,17)(H,18,19). The summed E-state index contributed by atoms with van der Waals surface area (Å²) in [4.78, 5) is 15.6. The van der Waals surface area contributed by atoms with Gasteiger partial charge in [-0.15, -0.1) is 0 Å². The molecule has 4 heteroatoms. The van der Waals surface area contributed by atoms with E-state index in [4.69, 9.17) is 5.11 Å². The van der Waals surface area contributed by atoms with E-state index < -0.39 is 5.97 Å². The Morgan fingerprint density at radius 2 is 2.26 bits per heavy atom. The number of nitrogens with zero attached hydrogens (tertiary/aromatic N) is 1. The molecule has 0 radical (unpaired) electrons. The van der Waals surface area contributed by atoms with Gasteiger partial charge in [0.25, 0.3) is 0 Å². The molecule has 19 heavy (non-hydrogen) atoms. The third-order valence-electron chi connectivity index (χ3n) is 3.66. The maximum atomic E-state index is 11.1. The third kappa shape index (κ3) is 3.94. The van der Waals surface area contributed by atoms with Crippen LogP contribution in [0.3, 0.4) is 0 Å². The molecule has 104 valence electrons. The zero-order chi connectivity index (χ0) is 13.8. The zero-order valence-electron chi connectivity index (χ0n) is 11.6. The van der Waals surface area contributed by atoms with E-state index in [1.165, 1.54) is 12.8 Å². The first-order valence-corrected chi connectivity index (χ1v) is 7.08. The molecule has 1 fully saturated rings. The summed E-state index contributed by atoms with van der Waals surface area (Å²) in [5.41, 5.74) is 1.17. The maximum absolute atomic E-state index is 11.1. The van der Waals surface area contributed by atoms with Gasteiger partial charge in [-0.1, -0.05) is 20.3 Å². The highest BCUT2D eigenvalue weighted by Gasteiger charge is 2.27. The molecule has 1 aromatic heterocycles. The number of anilines is 1. The van der Waals surface area contributed by atoms with E-state index in [1.54, 1.807) is 12.1 Å². The average Bonchev–Trinajstić information content (AvgIpc) is 3.20. The van der Waals surface area contributed by atoms with E-state index in [-0.39, 0.29) is 0 Å². The van der Waals surface area contributed by atoms with Crippen LogP contribution >= 0.6 is 0 Å². The number of carboxylic acid groups (broad SMARTS) is 1. The Labute approximate surface area is 114 Å². The van der Waals surface area contributed by atoms with Gasteiger partial charge >= 0.3 is 5.97 Å². The molecule has 0 spiro atoms. The molecule has 1 aliphatic rings. The van der Waals surface area contributed by atoms with E-state index in [1.807, 2.05) is 0 Å². The van der Waals surface area contributed by atoms with Crippen LogP contribution in [0.15, 0.2) is 12.1 Å². The van der Waals surface area contributed by atoms with Crippen molar-refractivity contribution in [2.24, 2.45) is 11.8 Å². The molecule has 0 aliphatic heterocycles. The molecule has 1 heterocycles. The van der Waals surface area contributed by atoms with Crippen LogP contribution in [-0.2, 0) is 6.42 Å². The molecule has 1 aromatic rings. The van der Waals surface area contributed by atoms with Crippen molar-refractivity contribution < 1.29 is 9.90 Å². The van der Waals surface area contributed by atoms with Crippen LogP contribution in [0.1, 0.15) is 49.2 Å². The molecule has 2 N–H and O–H groups in total. The molecular formula is C15H22N2O2. The van der Waals surface area contributed by atoms with E-state index in [9.17, 15) is 4.79 Å². The summed E-state index contributed by atoms with van der Waals surface area (Å²) in [6.07, 6.45) is 4.43. The van der Waals surface area contributed by atoms with Gasteiger partial charge in [0.05, 0.1) is 5.56 Å². The number of aryl methyl sites for hydroxylation is 1. The fraction of sp³-hybridized carbons (Fsp3) is 0.600. The second kappa shape index (κ2) is 6.04. The van der Waals surface area contributed by atoms with Crippen LogP contribution in [-0.4, -0.2) is 22.6 Å². The van der Waals surface area contributed by atoms with Crippen LogP contribution in [0.25, 0.3) is 0 Å². The number of pyridine rings is 1. The maximum Gasteiger partial charge on any atom is 0.335 e. The Bertz CT molecular complexity index is 455. The fourth-order valence-corrected chi connectivity index (χ4v) is 2.28. The third-order valence-corrected chi connectivity index (χ3v) is 3.66. The Morgan fingerprint density at radius 1 is 1.53 bits per heavy atom. The number of nitrogens with one attached hydrogen (secondary N) is 1. The van der Waals surface area contributed by atoms with Crippen molar-refractivity contribution in [3.8, 4) is 0 Å². The quantitative estimate of drug-likeness (QED) is 0.792. The Morgan fingerprint density at radius 3 is 2.84 bits per heavy atom. The van der Waals surface area contributed by atoms with Crippen LogP contribution in [0.2, 0.25) is 0 Å². The SMILES string of the molecule is CCCc1cc(C(=O)O)cc(NCC(C)C2CC2)n1. The van der Waals surface area contributed by atoms with Gasteiger partial charge in [0.15, 0.2) is 0 Å². The van der Waals surface area contributed by atoms with E-state index in [2.05, 4.69) is 24.1 Å². The van der Waals surface area contributed by atoms with Crippen LogP contribution < -0.4 is 5.32 Å². The molecule has 0 saturated heterocycles. The number of hydrogen-bond donors (Lipinski definition) is 2. The molecule has 0 aromatic carbocycles. The van der Waals surface area contributed by atoms with Crippen LogP contribution in [0.5, 0.6) is 0 Å². The van der Waals surface area contributed by atoms with Crippen LogP contribution in [0, 0.1) is 11.8 Å². The second-order valence-corrected chi connectivity index (χ2v) is 5.48. The smallest absolute Gasteiger partial charge is 0.335 e. The molecule has 1 atom stereocenters. The van der Waals surface area contributed by atoms with Crippen molar-refractivity contribution in [3.63, 3.8) is 0 Å². The zero-order valence-corrected chi connectivity index (χ0v) is 11.6. The number of hydrogen-bond acceptors (Lipinski definition) is 3. The Hall–Kier alpha value is -1.58. The van der Waals surface area contributed by atoms with Gasteiger partial charge in [0.1, 0.15) is 5.82 Å². The highest BCUT2D eigenvalue weighted by Crippen LogP contribution is 2.36. The van der Waals surface area contributed by atoms with Crippen molar-refractivity contribution in [1.29, 1.82) is 0 Å². The molecular weight excluding hydrogens is 240 g/mol. The van der Waals surface area contributed by atoms with Gasteiger partial charge in [-0.25, -0.2) is 9.78 Å². The minimum Gasteiger partial charge on any atom is -0.478 e. The predicted octanol–water partition coefficient (Wildman–Crippen LogP) is 3.19. The number of carbonyl (C=O) groups is 1. The summed E-state index contributed by atoms with van der Waals surface area (Å²) >= 11 is 0. The summed E-state index contributed by atoms with van der Waals surface area (Å²) < 4.78 is 0. The number of aromatic nitrogens is 1. The lowest BCUT2D eigenvalue weighted by Crippen LogP contribution is -2.15. The van der Waals surface area contributed by atoms with Crippen molar-refractivity contribution in [3.05, 3.63) is 23.4 Å². The largest absolute Gasteiger partial charge is 0.478 e. The van der Waals surface area contributed by atoms with Gasteiger partial charge in [-0.3, -0.25) is 0 Å².